The fraction of sp³-hybridized carbons (Fsp3) is 0.417. The molecule has 0 bridgehead atoms. The largest absolute Gasteiger partial charge is 0.384 e. The summed E-state index contributed by atoms with van der Waals surface area (Å²) in [7, 11) is 0. The summed E-state index contributed by atoms with van der Waals surface area (Å²) in [5, 5.41) is 0. The third-order valence-electron chi connectivity index (χ3n) is 2.78. The lowest BCUT2D eigenvalue weighted by Crippen LogP contribution is -2.34. The fourth-order valence-corrected chi connectivity index (χ4v) is 1.89. The number of aromatic nitrogens is 1. The summed E-state index contributed by atoms with van der Waals surface area (Å²) < 4.78 is 0. The first-order valence-corrected chi connectivity index (χ1v) is 5.71. The van der Waals surface area contributed by atoms with Gasteiger partial charge in [0, 0.05) is 12.8 Å². The Morgan fingerprint density at radius 3 is 2.41 bits per heavy atom. The highest BCUT2D eigenvalue weighted by atomic mass is 16.2. The van der Waals surface area contributed by atoms with Gasteiger partial charge in [-0.25, -0.2) is 4.98 Å². The van der Waals surface area contributed by atoms with Crippen LogP contribution in [0.25, 0.3) is 0 Å². The van der Waals surface area contributed by atoms with Crippen molar-refractivity contribution in [3.05, 3.63) is 23.9 Å². The number of carbonyl (C=O) groups is 2. The Hall–Kier alpha value is -1.91. The van der Waals surface area contributed by atoms with E-state index in [9.17, 15) is 9.59 Å². The Morgan fingerprint density at radius 2 is 1.82 bits per heavy atom. The molecule has 0 spiro atoms. The minimum Gasteiger partial charge on any atom is -0.384 e. The van der Waals surface area contributed by atoms with Gasteiger partial charge in [0.2, 0.25) is 11.8 Å². The van der Waals surface area contributed by atoms with Crippen LogP contribution in [0.2, 0.25) is 0 Å². The average Bonchev–Trinajstić information content (AvgIpc) is 2.44. The maximum Gasteiger partial charge on any atom is 0.229 e. The minimum absolute atomic E-state index is 0.114. The van der Waals surface area contributed by atoms with Crippen molar-refractivity contribution < 1.29 is 9.59 Å². The molecule has 2 amide bonds. The van der Waals surface area contributed by atoms with Gasteiger partial charge in [0.1, 0.15) is 5.82 Å². The third-order valence-corrected chi connectivity index (χ3v) is 2.78. The van der Waals surface area contributed by atoms with E-state index in [1.165, 1.54) is 4.90 Å². The first kappa shape index (κ1) is 11.6. The van der Waals surface area contributed by atoms with E-state index in [4.69, 9.17) is 5.73 Å². The molecule has 0 unspecified atom stereocenters. The van der Waals surface area contributed by atoms with E-state index < -0.39 is 0 Å². The van der Waals surface area contributed by atoms with Crippen molar-refractivity contribution in [2.45, 2.75) is 32.2 Å². The number of anilines is 1. The molecule has 90 valence electrons. The second-order valence-corrected chi connectivity index (χ2v) is 4.13. The van der Waals surface area contributed by atoms with Crippen molar-refractivity contribution in [1.29, 1.82) is 0 Å². The number of pyridine rings is 1. The van der Waals surface area contributed by atoms with Crippen LogP contribution in [0.3, 0.4) is 0 Å². The maximum absolute atomic E-state index is 11.8. The normalized spacial score (nSPS) is 17.1. The van der Waals surface area contributed by atoms with E-state index in [2.05, 4.69) is 4.98 Å². The number of hydrogen-bond acceptors (Lipinski definition) is 4. The Kier molecular flexibility index (Phi) is 3.37. The summed E-state index contributed by atoms with van der Waals surface area (Å²) in [4.78, 5) is 28.9. The number of carbonyl (C=O) groups excluding carboxylic acids is 2. The monoisotopic (exact) mass is 233 g/mol. The second kappa shape index (κ2) is 4.95. The van der Waals surface area contributed by atoms with Crippen molar-refractivity contribution in [2.75, 3.05) is 5.73 Å². The first-order chi connectivity index (χ1) is 8.16. The fourth-order valence-electron chi connectivity index (χ4n) is 1.89. The molecule has 1 saturated heterocycles. The molecule has 0 atom stereocenters. The molecule has 2 N–H and O–H groups in total. The molecule has 1 fully saturated rings. The summed E-state index contributed by atoms with van der Waals surface area (Å²) >= 11 is 0. The molecule has 1 aliphatic rings. The third kappa shape index (κ3) is 2.81. The summed E-state index contributed by atoms with van der Waals surface area (Å²) in [5.41, 5.74) is 6.21. The SMILES string of the molecule is Nc1cccc(CN2C(=O)CCCCC2=O)n1. The summed E-state index contributed by atoms with van der Waals surface area (Å²) in [6.07, 6.45) is 2.44. The smallest absolute Gasteiger partial charge is 0.229 e. The number of likely N-dealkylation sites (tertiary alicyclic amines) is 1. The lowest BCUT2D eigenvalue weighted by molar-refractivity contribution is -0.144. The Bertz CT molecular complexity index is 427. The van der Waals surface area contributed by atoms with Gasteiger partial charge in [0.05, 0.1) is 12.2 Å². The second-order valence-electron chi connectivity index (χ2n) is 4.13. The summed E-state index contributed by atoms with van der Waals surface area (Å²) in [5.74, 6) is 0.172. The molecule has 2 heterocycles. The van der Waals surface area contributed by atoms with Gasteiger partial charge in [-0.05, 0) is 25.0 Å². The highest BCUT2D eigenvalue weighted by molar-refractivity contribution is 5.95. The van der Waals surface area contributed by atoms with E-state index in [1.54, 1.807) is 18.2 Å². The summed E-state index contributed by atoms with van der Waals surface area (Å²) in [6.45, 7) is 0.225. The van der Waals surface area contributed by atoms with Gasteiger partial charge in [0.25, 0.3) is 0 Å². The predicted octanol–water partition coefficient (Wildman–Crippen LogP) is 1.09. The molecule has 5 heteroatoms. The van der Waals surface area contributed by atoms with Crippen molar-refractivity contribution in [1.82, 2.24) is 9.88 Å². The Morgan fingerprint density at radius 1 is 1.18 bits per heavy atom. The van der Waals surface area contributed by atoms with E-state index >= 15 is 0 Å². The van der Waals surface area contributed by atoms with Crippen LogP contribution < -0.4 is 5.73 Å². The number of hydrogen-bond donors (Lipinski definition) is 1. The molecule has 0 aromatic carbocycles. The Balaban J connectivity index is 2.15. The van der Waals surface area contributed by atoms with Gasteiger partial charge in [-0.15, -0.1) is 0 Å². The molecular formula is C12H15N3O2. The molecule has 1 aromatic rings. The van der Waals surface area contributed by atoms with Crippen molar-refractivity contribution in [3.8, 4) is 0 Å². The zero-order valence-electron chi connectivity index (χ0n) is 9.56. The number of rotatable bonds is 2. The van der Waals surface area contributed by atoms with Gasteiger partial charge in [0.15, 0.2) is 0 Å². The van der Waals surface area contributed by atoms with Crippen LogP contribution in [0, 0.1) is 0 Å². The van der Waals surface area contributed by atoms with E-state index in [-0.39, 0.29) is 18.4 Å². The van der Waals surface area contributed by atoms with Crippen LogP contribution in [0.4, 0.5) is 5.82 Å². The van der Waals surface area contributed by atoms with Crippen LogP contribution in [-0.2, 0) is 16.1 Å². The molecular weight excluding hydrogens is 218 g/mol. The van der Waals surface area contributed by atoms with Crippen LogP contribution in [0.15, 0.2) is 18.2 Å². The topological polar surface area (TPSA) is 76.3 Å². The van der Waals surface area contributed by atoms with Gasteiger partial charge >= 0.3 is 0 Å². The van der Waals surface area contributed by atoms with Gasteiger partial charge in [-0.1, -0.05) is 6.07 Å². The van der Waals surface area contributed by atoms with Gasteiger partial charge < -0.3 is 5.73 Å². The number of nitrogens with two attached hydrogens (primary N) is 1. The van der Waals surface area contributed by atoms with Gasteiger partial charge in [-0.3, -0.25) is 14.5 Å². The van der Waals surface area contributed by atoms with E-state index in [0.29, 0.717) is 24.4 Å². The molecule has 0 saturated carbocycles. The number of imide groups is 1. The predicted molar refractivity (Wildman–Crippen MR) is 62.7 cm³/mol. The van der Waals surface area contributed by atoms with Crippen molar-refractivity contribution >= 4 is 17.6 Å². The minimum atomic E-state index is -0.114. The molecule has 17 heavy (non-hydrogen) atoms. The van der Waals surface area contributed by atoms with E-state index in [1.807, 2.05) is 0 Å². The maximum atomic E-state index is 11.8. The number of nitrogen functional groups attached to an aromatic ring is 1. The molecule has 2 rings (SSSR count). The number of amides is 2. The van der Waals surface area contributed by atoms with Crippen LogP contribution in [-0.4, -0.2) is 21.7 Å². The van der Waals surface area contributed by atoms with Crippen molar-refractivity contribution in [2.24, 2.45) is 0 Å². The molecule has 1 aromatic heterocycles. The van der Waals surface area contributed by atoms with Crippen LogP contribution in [0.5, 0.6) is 0 Å². The quantitative estimate of drug-likeness (QED) is 0.776. The first-order valence-electron chi connectivity index (χ1n) is 5.71. The lowest BCUT2D eigenvalue weighted by Gasteiger charge is -2.18. The standard InChI is InChI=1S/C12H15N3O2/c13-10-5-3-4-9(14-10)8-15-11(16)6-1-2-7-12(15)17/h3-5H,1-2,6-8H2,(H2,13,14). The van der Waals surface area contributed by atoms with Crippen molar-refractivity contribution in [3.63, 3.8) is 0 Å². The van der Waals surface area contributed by atoms with Crippen LogP contribution >= 0.6 is 0 Å². The molecule has 5 nitrogen and oxygen atoms in total. The van der Waals surface area contributed by atoms with Crippen LogP contribution in [0.1, 0.15) is 31.4 Å². The molecule has 0 radical (unpaired) electrons. The highest BCUT2D eigenvalue weighted by Gasteiger charge is 2.24. The molecule has 0 aliphatic carbocycles. The zero-order chi connectivity index (χ0) is 12.3. The number of nitrogens with zero attached hydrogens (tertiary/aromatic N) is 2. The highest BCUT2D eigenvalue weighted by Crippen LogP contribution is 2.15. The molecule has 1 aliphatic heterocycles. The Labute approximate surface area is 99.6 Å². The van der Waals surface area contributed by atoms with Gasteiger partial charge in [-0.2, -0.15) is 0 Å². The zero-order valence-corrected chi connectivity index (χ0v) is 9.56. The lowest BCUT2D eigenvalue weighted by atomic mass is 10.2. The summed E-state index contributed by atoms with van der Waals surface area (Å²) in [6, 6.07) is 5.21. The average molecular weight is 233 g/mol. The van der Waals surface area contributed by atoms with E-state index in [0.717, 1.165) is 12.8 Å².